The highest BCUT2D eigenvalue weighted by Crippen LogP contribution is 2.26. The van der Waals surface area contributed by atoms with Gasteiger partial charge in [0.1, 0.15) is 0 Å². The molecule has 2 nitrogen and oxygen atoms in total. The molecular formula is C14H22N2. The summed E-state index contributed by atoms with van der Waals surface area (Å²) in [6, 6.07) is 8.78. The summed E-state index contributed by atoms with van der Waals surface area (Å²) in [4.78, 5) is 2.49. The van der Waals surface area contributed by atoms with Gasteiger partial charge in [0.25, 0.3) is 0 Å². The van der Waals surface area contributed by atoms with E-state index in [4.69, 9.17) is 0 Å². The maximum atomic E-state index is 3.50. The van der Waals surface area contributed by atoms with Crippen LogP contribution in [-0.2, 0) is 6.42 Å². The normalized spacial score (nSPS) is 14.2. The summed E-state index contributed by atoms with van der Waals surface area (Å²) in [5, 5.41) is 3.50. The second-order valence-electron chi connectivity index (χ2n) is 4.47. The van der Waals surface area contributed by atoms with Crippen LogP contribution in [0.5, 0.6) is 0 Å². The molecular weight excluding hydrogens is 196 g/mol. The van der Waals surface area contributed by atoms with E-state index in [0.717, 1.165) is 19.6 Å². The van der Waals surface area contributed by atoms with Gasteiger partial charge >= 0.3 is 0 Å². The lowest BCUT2D eigenvalue weighted by molar-refractivity contribution is 0.631. The quantitative estimate of drug-likeness (QED) is 0.738. The second-order valence-corrected chi connectivity index (χ2v) is 4.47. The molecule has 0 aromatic heterocycles. The molecule has 0 radical (unpaired) electrons. The minimum atomic E-state index is 1.11. The van der Waals surface area contributed by atoms with Crippen molar-refractivity contribution in [2.75, 3.05) is 31.1 Å². The summed E-state index contributed by atoms with van der Waals surface area (Å²) in [5.74, 6) is 0. The van der Waals surface area contributed by atoms with Crippen LogP contribution in [0.1, 0.15) is 25.3 Å². The molecule has 0 spiro atoms. The zero-order valence-electron chi connectivity index (χ0n) is 10.2. The predicted molar refractivity (Wildman–Crippen MR) is 70.1 cm³/mol. The number of hydrogen-bond acceptors (Lipinski definition) is 2. The van der Waals surface area contributed by atoms with Crippen LogP contribution in [0, 0.1) is 0 Å². The van der Waals surface area contributed by atoms with Crippen molar-refractivity contribution in [2.45, 2.75) is 26.2 Å². The van der Waals surface area contributed by atoms with E-state index in [9.17, 15) is 0 Å². The summed E-state index contributed by atoms with van der Waals surface area (Å²) in [5.41, 5.74) is 2.95. The SMILES string of the molecule is CCCCNCCN1CCc2ccccc21. The molecule has 0 atom stereocenters. The third-order valence-corrected chi connectivity index (χ3v) is 3.25. The van der Waals surface area contributed by atoms with Crippen LogP contribution in [0.4, 0.5) is 5.69 Å². The number of hydrogen-bond donors (Lipinski definition) is 1. The molecule has 1 aromatic carbocycles. The fourth-order valence-corrected chi connectivity index (χ4v) is 2.28. The molecule has 1 heterocycles. The molecule has 2 heteroatoms. The minimum Gasteiger partial charge on any atom is -0.370 e. The van der Waals surface area contributed by atoms with E-state index in [0.29, 0.717) is 0 Å². The van der Waals surface area contributed by atoms with E-state index in [1.54, 1.807) is 0 Å². The van der Waals surface area contributed by atoms with Gasteiger partial charge in [0.15, 0.2) is 0 Å². The first-order valence-electron chi connectivity index (χ1n) is 6.45. The molecule has 0 fully saturated rings. The van der Waals surface area contributed by atoms with Gasteiger partial charge in [0, 0.05) is 25.3 Å². The Hall–Kier alpha value is -1.02. The predicted octanol–water partition coefficient (Wildman–Crippen LogP) is 2.44. The molecule has 0 bridgehead atoms. The average Bonchev–Trinajstić information content (AvgIpc) is 2.73. The summed E-state index contributed by atoms with van der Waals surface area (Å²) in [6.45, 7) is 6.83. The van der Waals surface area contributed by atoms with E-state index in [-0.39, 0.29) is 0 Å². The molecule has 1 aliphatic heterocycles. The van der Waals surface area contributed by atoms with Crippen molar-refractivity contribution in [3.63, 3.8) is 0 Å². The highest BCUT2D eigenvalue weighted by Gasteiger charge is 2.16. The Morgan fingerprint density at radius 3 is 3.00 bits per heavy atom. The lowest BCUT2D eigenvalue weighted by Gasteiger charge is -2.19. The smallest absolute Gasteiger partial charge is 0.0399 e. The number of fused-ring (bicyclic) bond motifs is 1. The minimum absolute atomic E-state index is 1.11. The molecule has 1 aliphatic rings. The Morgan fingerprint density at radius 2 is 2.12 bits per heavy atom. The van der Waals surface area contributed by atoms with Crippen LogP contribution < -0.4 is 10.2 Å². The largest absolute Gasteiger partial charge is 0.370 e. The second kappa shape index (κ2) is 5.90. The average molecular weight is 218 g/mol. The summed E-state index contributed by atoms with van der Waals surface area (Å²) >= 11 is 0. The van der Waals surface area contributed by atoms with Crippen molar-refractivity contribution in [2.24, 2.45) is 0 Å². The lowest BCUT2D eigenvalue weighted by Crippen LogP contribution is -2.31. The number of anilines is 1. The van der Waals surface area contributed by atoms with E-state index in [1.165, 1.54) is 37.1 Å². The van der Waals surface area contributed by atoms with Crippen molar-refractivity contribution in [3.05, 3.63) is 29.8 Å². The molecule has 0 saturated heterocycles. The maximum absolute atomic E-state index is 3.50. The van der Waals surface area contributed by atoms with Gasteiger partial charge in [-0.3, -0.25) is 0 Å². The highest BCUT2D eigenvalue weighted by molar-refractivity contribution is 5.57. The van der Waals surface area contributed by atoms with Crippen LogP contribution in [0.15, 0.2) is 24.3 Å². The number of para-hydroxylation sites is 1. The van der Waals surface area contributed by atoms with Crippen molar-refractivity contribution in [1.29, 1.82) is 0 Å². The van der Waals surface area contributed by atoms with Gasteiger partial charge in [-0.2, -0.15) is 0 Å². The fraction of sp³-hybridized carbons (Fsp3) is 0.571. The topological polar surface area (TPSA) is 15.3 Å². The van der Waals surface area contributed by atoms with Gasteiger partial charge in [-0.15, -0.1) is 0 Å². The monoisotopic (exact) mass is 218 g/mol. The molecule has 16 heavy (non-hydrogen) atoms. The van der Waals surface area contributed by atoms with Gasteiger partial charge in [-0.25, -0.2) is 0 Å². The standard InChI is InChI=1S/C14H22N2/c1-2-3-9-15-10-12-16-11-8-13-6-4-5-7-14(13)16/h4-7,15H,2-3,8-12H2,1H3. The van der Waals surface area contributed by atoms with Gasteiger partial charge < -0.3 is 10.2 Å². The Balaban J connectivity index is 1.76. The van der Waals surface area contributed by atoms with Crippen molar-refractivity contribution in [3.8, 4) is 0 Å². The number of nitrogens with one attached hydrogen (secondary N) is 1. The molecule has 0 unspecified atom stereocenters. The molecule has 0 aliphatic carbocycles. The molecule has 0 saturated carbocycles. The number of rotatable bonds is 6. The lowest BCUT2D eigenvalue weighted by atomic mass is 10.2. The third kappa shape index (κ3) is 2.76. The molecule has 0 amide bonds. The molecule has 2 rings (SSSR count). The number of nitrogens with zero attached hydrogens (tertiary/aromatic N) is 1. The van der Waals surface area contributed by atoms with Crippen LogP contribution in [0.3, 0.4) is 0 Å². The van der Waals surface area contributed by atoms with E-state index < -0.39 is 0 Å². The first-order chi connectivity index (χ1) is 7.92. The van der Waals surface area contributed by atoms with Crippen LogP contribution in [0.2, 0.25) is 0 Å². The van der Waals surface area contributed by atoms with E-state index in [2.05, 4.69) is 41.4 Å². The van der Waals surface area contributed by atoms with Crippen LogP contribution in [0.25, 0.3) is 0 Å². The zero-order chi connectivity index (χ0) is 11.2. The van der Waals surface area contributed by atoms with Gasteiger partial charge in [-0.05, 0) is 31.0 Å². The van der Waals surface area contributed by atoms with Crippen molar-refractivity contribution >= 4 is 5.69 Å². The Morgan fingerprint density at radius 1 is 1.25 bits per heavy atom. The van der Waals surface area contributed by atoms with Crippen LogP contribution >= 0.6 is 0 Å². The Kier molecular flexibility index (Phi) is 4.23. The zero-order valence-corrected chi connectivity index (χ0v) is 10.2. The molecule has 1 N–H and O–H groups in total. The number of unbranched alkanes of at least 4 members (excludes halogenated alkanes) is 1. The molecule has 88 valence electrons. The Bertz CT molecular complexity index is 322. The Labute approximate surface area is 98.7 Å². The van der Waals surface area contributed by atoms with Gasteiger partial charge in [-0.1, -0.05) is 31.5 Å². The van der Waals surface area contributed by atoms with E-state index >= 15 is 0 Å². The fourth-order valence-electron chi connectivity index (χ4n) is 2.28. The first-order valence-corrected chi connectivity index (χ1v) is 6.45. The van der Waals surface area contributed by atoms with Gasteiger partial charge in [0.05, 0.1) is 0 Å². The summed E-state index contributed by atoms with van der Waals surface area (Å²) in [6.07, 6.45) is 3.78. The van der Waals surface area contributed by atoms with Crippen molar-refractivity contribution in [1.82, 2.24) is 5.32 Å². The van der Waals surface area contributed by atoms with E-state index in [1.807, 2.05) is 0 Å². The maximum Gasteiger partial charge on any atom is 0.0399 e. The van der Waals surface area contributed by atoms with Crippen LogP contribution in [-0.4, -0.2) is 26.2 Å². The third-order valence-electron chi connectivity index (χ3n) is 3.25. The first kappa shape index (κ1) is 11.5. The van der Waals surface area contributed by atoms with Crippen molar-refractivity contribution < 1.29 is 0 Å². The number of benzene rings is 1. The highest BCUT2D eigenvalue weighted by atomic mass is 15.2. The molecule has 1 aromatic rings. The summed E-state index contributed by atoms with van der Waals surface area (Å²) in [7, 11) is 0. The summed E-state index contributed by atoms with van der Waals surface area (Å²) < 4.78 is 0. The van der Waals surface area contributed by atoms with Gasteiger partial charge in [0.2, 0.25) is 0 Å².